The minimum absolute atomic E-state index is 0. The predicted octanol–water partition coefficient (Wildman–Crippen LogP) is 7.20. The van der Waals surface area contributed by atoms with Crippen molar-refractivity contribution in [1.29, 1.82) is 0 Å². The molecule has 0 fully saturated rings. The van der Waals surface area contributed by atoms with E-state index in [4.69, 9.17) is 20.0 Å². The Morgan fingerprint density at radius 1 is 0.491 bits per heavy atom. The molecule has 4 aromatic rings. The van der Waals surface area contributed by atoms with Gasteiger partial charge in [0.1, 0.15) is 19.6 Å². The Kier molecular flexibility index (Phi) is 10.6. The normalized spacial score (nSPS) is 18.2. The van der Waals surface area contributed by atoms with Crippen molar-refractivity contribution in [3.8, 4) is 0 Å². The van der Waals surface area contributed by atoms with Gasteiger partial charge in [-0.3, -0.25) is 0 Å². The molecule has 0 aromatic carbocycles. The zero-order chi connectivity index (χ0) is 38.2. The fourth-order valence-corrected chi connectivity index (χ4v) is 8.05. The van der Waals surface area contributed by atoms with Gasteiger partial charge in [-0.05, 0) is 94.5 Å². The molecule has 0 N–H and O–H groups in total. The molecule has 8 bridgehead atoms. The maximum absolute atomic E-state index is 5.48. The van der Waals surface area contributed by atoms with Crippen LogP contribution in [0.1, 0.15) is 56.2 Å². The quantitative estimate of drug-likeness (QED) is 0.147. The van der Waals surface area contributed by atoms with Crippen LogP contribution in [0.5, 0.6) is 0 Å². The SMILES string of the molecule is CCN1C=CC=C/C1=C1\C2=NC(=C(c3cccc[n+]3CC)C3=NC(=C(c4cccc[n+]4CC)c4ccc([n-]4)C(c4cccc[n+]4CC)=C4C=CC1=N4)C=C3)C=C2.[Mn+3]. The second-order valence-electron chi connectivity index (χ2n) is 13.9. The molecule has 0 saturated carbocycles. The number of rotatable bonds is 7. The molecule has 9 heteroatoms. The molecule has 5 aliphatic heterocycles. The number of nitrogens with zero attached hydrogens (tertiary/aromatic N) is 8. The van der Waals surface area contributed by atoms with Crippen LogP contribution in [0.2, 0.25) is 0 Å². The van der Waals surface area contributed by atoms with Crippen molar-refractivity contribution in [2.45, 2.75) is 47.3 Å². The molecule has 0 radical (unpaired) electrons. The summed E-state index contributed by atoms with van der Waals surface area (Å²) >= 11 is 0. The summed E-state index contributed by atoms with van der Waals surface area (Å²) in [6.07, 6.45) is 27.6. The predicted molar refractivity (Wildman–Crippen MR) is 223 cm³/mol. The Bertz CT molecular complexity index is 2680. The van der Waals surface area contributed by atoms with Gasteiger partial charge < -0.3 is 9.88 Å². The third-order valence-corrected chi connectivity index (χ3v) is 10.8. The zero-order valence-electron chi connectivity index (χ0n) is 32.6. The van der Waals surface area contributed by atoms with E-state index in [1.807, 2.05) is 0 Å². The van der Waals surface area contributed by atoms with E-state index in [2.05, 4.69) is 193 Å². The smallest absolute Gasteiger partial charge is 0.656 e. The average molecular weight is 788 g/mol. The number of hydrogen-bond acceptors (Lipinski definition) is 4. The average Bonchev–Trinajstić information content (AvgIpc) is 4.10. The van der Waals surface area contributed by atoms with Gasteiger partial charge in [-0.1, -0.05) is 18.2 Å². The fraction of sp³-hybridized carbons (Fsp3) is 0.167. The topological polar surface area (TPSA) is 66.1 Å². The molecule has 9 rings (SSSR count). The van der Waals surface area contributed by atoms with Gasteiger partial charge in [0.15, 0.2) is 18.6 Å². The van der Waals surface area contributed by atoms with E-state index >= 15 is 0 Å². The van der Waals surface area contributed by atoms with Crippen LogP contribution in [0.25, 0.3) is 16.7 Å². The first-order chi connectivity index (χ1) is 27.6. The van der Waals surface area contributed by atoms with Gasteiger partial charge in [-0.2, -0.15) is 13.7 Å². The van der Waals surface area contributed by atoms with E-state index in [-0.39, 0.29) is 17.1 Å². The number of aryl methyl sites for hydroxylation is 3. The molecule has 57 heavy (non-hydrogen) atoms. The largest absolute Gasteiger partial charge is 3.00 e. The van der Waals surface area contributed by atoms with Crippen molar-refractivity contribution in [1.82, 2.24) is 9.88 Å². The number of aromatic nitrogens is 4. The van der Waals surface area contributed by atoms with Crippen molar-refractivity contribution in [3.05, 3.63) is 203 Å². The van der Waals surface area contributed by atoms with E-state index in [1.165, 1.54) is 0 Å². The number of hydrogen-bond donors (Lipinski definition) is 0. The van der Waals surface area contributed by atoms with E-state index < -0.39 is 0 Å². The molecule has 0 unspecified atom stereocenters. The summed E-state index contributed by atoms with van der Waals surface area (Å²) in [6, 6.07) is 23.3. The molecular formula is C48H44MnN8+5. The van der Waals surface area contributed by atoms with Crippen LogP contribution in [-0.4, -0.2) is 28.6 Å². The van der Waals surface area contributed by atoms with Gasteiger partial charge in [-0.25, -0.2) is 15.0 Å². The maximum atomic E-state index is 5.48. The molecule has 5 aliphatic rings. The van der Waals surface area contributed by atoms with Gasteiger partial charge in [-0.15, -0.1) is 11.4 Å². The third kappa shape index (κ3) is 6.73. The van der Waals surface area contributed by atoms with Gasteiger partial charge in [0.2, 0.25) is 17.1 Å². The van der Waals surface area contributed by atoms with E-state index in [0.717, 1.165) is 117 Å². The Labute approximate surface area is 344 Å². The van der Waals surface area contributed by atoms with Crippen LogP contribution in [0.15, 0.2) is 190 Å². The van der Waals surface area contributed by atoms with Gasteiger partial charge >= 0.3 is 17.1 Å². The summed E-state index contributed by atoms with van der Waals surface area (Å²) in [5, 5.41) is 0. The molecular weight excluding hydrogens is 744 g/mol. The van der Waals surface area contributed by atoms with Gasteiger partial charge in [0.05, 0.1) is 56.6 Å². The Hall–Kier alpha value is -6.28. The number of allylic oxidation sites excluding steroid dienone is 11. The molecule has 8 nitrogen and oxygen atoms in total. The summed E-state index contributed by atoms with van der Waals surface area (Å²) in [7, 11) is 0. The first kappa shape index (κ1) is 37.6. The summed E-state index contributed by atoms with van der Waals surface area (Å²) in [4.78, 5) is 24.2. The third-order valence-electron chi connectivity index (χ3n) is 10.8. The number of aliphatic imine (C=N–C) groups is 3. The molecule has 0 atom stereocenters. The van der Waals surface area contributed by atoms with Crippen molar-refractivity contribution in [2.75, 3.05) is 6.54 Å². The minimum atomic E-state index is 0. The molecule has 0 spiro atoms. The number of fused-ring (bicyclic) bond motifs is 5. The summed E-state index contributed by atoms with van der Waals surface area (Å²) < 4.78 is 6.78. The molecule has 4 aromatic heterocycles. The standard InChI is InChI=1S/C48H44N8.Mn/c1-5-53-29-13-9-17-41(53)45-33-21-23-35(49-33)46(42-18-10-14-30-54(42)6-2)37-25-27-39(51-37)48(44-20-12-16-32-56(44)8-4)40-28-26-38(52-40)47(36-24-22-34(45)50-36)43-19-11-15-31-55(43)7-3;/h9-32H,5-8H2,1-4H3;/q+2;+3. The second kappa shape index (κ2) is 16.1. The first-order valence-corrected chi connectivity index (χ1v) is 19.6. The van der Waals surface area contributed by atoms with Gasteiger partial charge in [0, 0.05) is 54.7 Å². The number of likely N-dealkylation sites (N-methyl/N-ethyl adjacent to an activating group) is 1. The summed E-state index contributed by atoms with van der Waals surface area (Å²) in [5.74, 6) is 0. The molecule has 0 amide bonds. The van der Waals surface area contributed by atoms with Crippen molar-refractivity contribution >= 4 is 33.9 Å². The second-order valence-corrected chi connectivity index (χ2v) is 13.9. The van der Waals surface area contributed by atoms with E-state index in [1.54, 1.807) is 0 Å². The van der Waals surface area contributed by atoms with Crippen LogP contribution in [0, 0.1) is 0 Å². The summed E-state index contributed by atoms with van der Waals surface area (Å²) in [6.45, 7) is 11.9. The fourth-order valence-electron chi connectivity index (χ4n) is 8.05. The Balaban J connectivity index is 0.00000455. The maximum Gasteiger partial charge on any atom is 3.00 e. The molecule has 0 aliphatic carbocycles. The van der Waals surface area contributed by atoms with Crippen LogP contribution in [0.4, 0.5) is 0 Å². The molecule has 9 heterocycles. The molecule has 0 saturated heterocycles. The van der Waals surface area contributed by atoms with E-state index in [0.29, 0.717) is 0 Å². The van der Waals surface area contributed by atoms with Gasteiger partial charge in [0.25, 0.3) is 0 Å². The summed E-state index contributed by atoms with van der Waals surface area (Å²) in [5.41, 5.74) is 14.9. The van der Waals surface area contributed by atoms with E-state index in [9.17, 15) is 0 Å². The zero-order valence-corrected chi connectivity index (χ0v) is 33.8. The number of pyridine rings is 3. The van der Waals surface area contributed by atoms with Crippen LogP contribution in [0.3, 0.4) is 0 Å². The molecule has 278 valence electrons. The van der Waals surface area contributed by atoms with Crippen molar-refractivity contribution < 1.29 is 30.8 Å². The van der Waals surface area contributed by atoms with Crippen LogP contribution >= 0.6 is 0 Å². The Morgan fingerprint density at radius 3 is 1.39 bits per heavy atom. The van der Waals surface area contributed by atoms with Crippen molar-refractivity contribution in [2.24, 2.45) is 15.0 Å². The first-order valence-electron chi connectivity index (χ1n) is 19.6. The monoisotopic (exact) mass is 787 g/mol. The Morgan fingerprint density at radius 2 is 0.930 bits per heavy atom. The van der Waals surface area contributed by atoms with Crippen LogP contribution < -0.4 is 18.7 Å². The van der Waals surface area contributed by atoms with Crippen molar-refractivity contribution in [3.63, 3.8) is 0 Å². The minimum Gasteiger partial charge on any atom is -0.656 e. The van der Waals surface area contributed by atoms with Crippen LogP contribution in [-0.2, 0) is 36.7 Å².